The number of carbonyl (C=O) groups excluding carboxylic acids is 2. The number of benzene rings is 1. The molecule has 1 aliphatic rings. The molecule has 3 heterocycles. The Labute approximate surface area is 162 Å². The van der Waals surface area contributed by atoms with Gasteiger partial charge in [0.25, 0.3) is 0 Å². The molecule has 6 heteroatoms. The molecule has 1 N–H and O–H groups in total. The minimum absolute atomic E-state index is 0.130. The molecule has 1 fully saturated rings. The maximum Gasteiger partial charge on any atom is 0.227 e. The molecule has 27 heavy (non-hydrogen) atoms. The molecule has 1 aromatic carbocycles. The third-order valence-corrected chi connectivity index (χ3v) is 6.10. The van der Waals surface area contributed by atoms with E-state index in [1.54, 1.807) is 11.3 Å². The van der Waals surface area contributed by atoms with Gasteiger partial charge in [0.1, 0.15) is 0 Å². The first-order valence-corrected chi connectivity index (χ1v) is 10.2. The molecule has 0 bridgehead atoms. The van der Waals surface area contributed by atoms with E-state index in [0.717, 1.165) is 22.9 Å². The van der Waals surface area contributed by atoms with Gasteiger partial charge in [-0.3, -0.25) is 9.59 Å². The van der Waals surface area contributed by atoms with Crippen LogP contribution in [0.15, 0.2) is 48.0 Å². The number of thiophene rings is 1. The van der Waals surface area contributed by atoms with E-state index < -0.39 is 0 Å². The van der Waals surface area contributed by atoms with E-state index in [2.05, 4.69) is 11.1 Å². The molecule has 1 saturated heterocycles. The smallest absolute Gasteiger partial charge is 0.227 e. The fraction of sp³-hybridized carbons (Fsp3) is 0.333. The minimum Gasteiger partial charge on any atom is -0.361 e. The quantitative estimate of drug-likeness (QED) is 0.738. The zero-order chi connectivity index (χ0) is 18.6. The number of H-pyrrole nitrogens is 1. The molecular formula is C21H23N3O2S. The molecule has 4 rings (SSSR count). The van der Waals surface area contributed by atoms with E-state index in [1.165, 1.54) is 4.88 Å². The number of carbonyl (C=O) groups is 2. The first-order valence-electron chi connectivity index (χ1n) is 9.33. The van der Waals surface area contributed by atoms with Crippen LogP contribution >= 0.6 is 11.3 Å². The summed E-state index contributed by atoms with van der Waals surface area (Å²) >= 11 is 1.69. The van der Waals surface area contributed by atoms with Crippen molar-refractivity contribution in [2.45, 2.75) is 19.3 Å². The highest BCUT2D eigenvalue weighted by Gasteiger charge is 2.24. The Balaban J connectivity index is 1.28. The Kier molecular flexibility index (Phi) is 5.25. The van der Waals surface area contributed by atoms with Gasteiger partial charge in [-0.05, 0) is 29.5 Å². The number of aromatic amines is 1. The third-order valence-electron chi connectivity index (χ3n) is 5.17. The molecule has 0 radical (unpaired) electrons. The highest BCUT2D eigenvalue weighted by molar-refractivity contribution is 7.09. The summed E-state index contributed by atoms with van der Waals surface area (Å²) in [5, 5.41) is 3.14. The molecule has 0 unspecified atom stereocenters. The van der Waals surface area contributed by atoms with Crippen LogP contribution in [0.5, 0.6) is 0 Å². The lowest BCUT2D eigenvalue weighted by atomic mass is 10.1. The van der Waals surface area contributed by atoms with Gasteiger partial charge in [0, 0.05) is 54.6 Å². The number of aromatic nitrogens is 1. The van der Waals surface area contributed by atoms with Crippen LogP contribution in [-0.2, 0) is 22.4 Å². The standard InChI is InChI=1S/C21H23N3O2S/c25-20(8-7-17-4-3-13-27-17)23-9-11-24(12-10-23)21(26)14-16-15-22-19-6-2-1-5-18(16)19/h1-6,13,15,22H,7-12,14H2. The Morgan fingerprint density at radius 2 is 1.70 bits per heavy atom. The van der Waals surface area contributed by atoms with Crippen LogP contribution < -0.4 is 0 Å². The highest BCUT2D eigenvalue weighted by atomic mass is 32.1. The Bertz CT molecular complexity index is 924. The van der Waals surface area contributed by atoms with Gasteiger partial charge >= 0.3 is 0 Å². The van der Waals surface area contributed by atoms with E-state index in [0.29, 0.717) is 39.0 Å². The summed E-state index contributed by atoms with van der Waals surface area (Å²) in [5.74, 6) is 0.317. The van der Waals surface area contributed by atoms with Crippen molar-refractivity contribution < 1.29 is 9.59 Å². The average Bonchev–Trinajstić information content (AvgIpc) is 3.36. The second kappa shape index (κ2) is 7.96. The number of fused-ring (bicyclic) bond motifs is 1. The first-order chi connectivity index (χ1) is 13.2. The molecule has 2 amide bonds. The van der Waals surface area contributed by atoms with E-state index >= 15 is 0 Å². The normalized spacial score (nSPS) is 14.7. The minimum atomic E-state index is 0.130. The molecular weight excluding hydrogens is 358 g/mol. The summed E-state index contributed by atoms with van der Waals surface area (Å²) in [6.07, 6.45) is 3.67. The summed E-state index contributed by atoms with van der Waals surface area (Å²) < 4.78 is 0. The number of hydrogen-bond acceptors (Lipinski definition) is 3. The molecule has 0 spiro atoms. The fourth-order valence-corrected chi connectivity index (χ4v) is 4.31. The zero-order valence-electron chi connectivity index (χ0n) is 15.2. The fourth-order valence-electron chi connectivity index (χ4n) is 3.60. The molecule has 0 aliphatic carbocycles. The Morgan fingerprint density at radius 1 is 0.963 bits per heavy atom. The van der Waals surface area contributed by atoms with Crippen molar-refractivity contribution in [2.24, 2.45) is 0 Å². The van der Waals surface area contributed by atoms with Crippen molar-refractivity contribution in [3.05, 3.63) is 58.4 Å². The van der Waals surface area contributed by atoms with Gasteiger partial charge in [-0.1, -0.05) is 24.3 Å². The van der Waals surface area contributed by atoms with E-state index in [-0.39, 0.29) is 11.8 Å². The van der Waals surface area contributed by atoms with Crippen LogP contribution in [0, 0.1) is 0 Å². The maximum atomic E-state index is 12.7. The Morgan fingerprint density at radius 3 is 2.44 bits per heavy atom. The van der Waals surface area contributed by atoms with Crippen molar-refractivity contribution in [2.75, 3.05) is 26.2 Å². The molecule has 0 saturated carbocycles. The zero-order valence-corrected chi connectivity index (χ0v) is 16.0. The van der Waals surface area contributed by atoms with E-state index in [9.17, 15) is 9.59 Å². The Hall–Kier alpha value is -2.60. The van der Waals surface area contributed by atoms with Gasteiger partial charge in [0.15, 0.2) is 0 Å². The largest absolute Gasteiger partial charge is 0.361 e. The highest BCUT2D eigenvalue weighted by Crippen LogP contribution is 2.19. The van der Waals surface area contributed by atoms with Gasteiger partial charge in [0.05, 0.1) is 6.42 Å². The molecule has 0 atom stereocenters. The number of para-hydroxylation sites is 1. The van der Waals surface area contributed by atoms with Gasteiger partial charge in [-0.25, -0.2) is 0 Å². The summed E-state index contributed by atoms with van der Waals surface area (Å²) in [6.45, 7) is 2.49. The number of nitrogens with one attached hydrogen (secondary N) is 1. The summed E-state index contributed by atoms with van der Waals surface area (Å²) in [6, 6.07) is 12.1. The SMILES string of the molecule is O=C(CCc1cccs1)N1CCN(C(=O)Cc2c[nH]c3ccccc23)CC1. The monoisotopic (exact) mass is 381 g/mol. The number of hydrogen-bond donors (Lipinski definition) is 1. The predicted molar refractivity (Wildman–Crippen MR) is 108 cm³/mol. The van der Waals surface area contributed by atoms with Crippen molar-refractivity contribution in [1.82, 2.24) is 14.8 Å². The number of rotatable bonds is 5. The average molecular weight is 382 g/mol. The number of nitrogens with zero attached hydrogens (tertiary/aromatic N) is 2. The second-order valence-corrected chi connectivity index (χ2v) is 7.91. The van der Waals surface area contributed by atoms with Gasteiger partial charge in [0.2, 0.25) is 11.8 Å². The van der Waals surface area contributed by atoms with Gasteiger partial charge < -0.3 is 14.8 Å². The lowest BCUT2D eigenvalue weighted by Gasteiger charge is -2.35. The predicted octanol–water partition coefficient (Wildman–Crippen LogP) is 3.08. The van der Waals surface area contributed by atoms with Crippen LogP contribution in [0.4, 0.5) is 0 Å². The van der Waals surface area contributed by atoms with Gasteiger partial charge in [-0.2, -0.15) is 0 Å². The van der Waals surface area contributed by atoms with Crippen molar-refractivity contribution in [3.63, 3.8) is 0 Å². The topological polar surface area (TPSA) is 56.4 Å². The number of amides is 2. The number of piperazine rings is 1. The maximum absolute atomic E-state index is 12.7. The van der Waals surface area contributed by atoms with Crippen LogP contribution in [0.25, 0.3) is 10.9 Å². The summed E-state index contributed by atoms with van der Waals surface area (Å²) in [4.78, 5) is 33.3. The van der Waals surface area contributed by atoms with Crippen LogP contribution in [0.3, 0.4) is 0 Å². The van der Waals surface area contributed by atoms with Crippen molar-refractivity contribution in [1.29, 1.82) is 0 Å². The lowest BCUT2D eigenvalue weighted by molar-refractivity contribution is -0.139. The molecule has 2 aromatic heterocycles. The molecule has 140 valence electrons. The van der Waals surface area contributed by atoms with Crippen LogP contribution in [0.2, 0.25) is 0 Å². The third kappa shape index (κ3) is 4.06. The lowest BCUT2D eigenvalue weighted by Crippen LogP contribution is -2.51. The summed E-state index contributed by atoms with van der Waals surface area (Å²) in [5.41, 5.74) is 2.09. The number of aryl methyl sites for hydroxylation is 1. The first kappa shape index (κ1) is 17.8. The van der Waals surface area contributed by atoms with Crippen LogP contribution in [-0.4, -0.2) is 52.8 Å². The van der Waals surface area contributed by atoms with Crippen LogP contribution in [0.1, 0.15) is 16.9 Å². The van der Waals surface area contributed by atoms with E-state index in [4.69, 9.17) is 0 Å². The summed E-state index contributed by atoms with van der Waals surface area (Å²) in [7, 11) is 0. The van der Waals surface area contributed by atoms with Crippen molar-refractivity contribution >= 4 is 34.1 Å². The molecule has 5 nitrogen and oxygen atoms in total. The molecule has 1 aliphatic heterocycles. The van der Waals surface area contributed by atoms with Crippen molar-refractivity contribution in [3.8, 4) is 0 Å². The van der Waals surface area contributed by atoms with Gasteiger partial charge in [-0.15, -0.1) is 11.3 Å². The molecule has 3 aromatic rings. The second-order valence-electron chi connectivity index (χ2n) is 6.88. The van der Waals surface area contributed by atoms with E-state index in [1.807, 2.05) is 51.7 Å².